The lowest BCUT2D eigenvalue weighted by atomic mass is 9.98. The highest BCUT2D eigenvalue weighted by Crippen LogP contribution is 2.34. The Hall–Kier alpha value is -3.46. The quantitative estimate of drug-likeness (QED) is 0.577. The van der Waals surface area contributed by atoms with Gasteiger partial charge in [-0.3, -0.25) is 10.2 Å². The van der Waals surface area contributed by atoms with Gasteiger partial charge in [-0.2, -0.15) is 0 Å². The van der Waals surface area contributed by atoms with Gasteiger partial charge in [0.2, 0.25) is 5.72 Å². The number of halogens is 4. The third-order valence-electron chi connectivity index (χ3n) is 5.34. The Bertz CT molecular complexity index is 1250. The molecule has 9 heteroatoms. The number of aryl methyl sites for hydroxylation is 2. The molecule has 5 nitrogen and oxygen atoms in total. The number of aromatic nitrogens is 1. The van der Waals surface area contributed by atoms with Gasteiger partial charge in [-0.25, -0.2) is 27.6 Å². The molecule has 2 N–H and O–H groups in total. The van der Waals surface area contributed by atoms with E-state index < -0.39 is 30.2 Å². The number of nitrogens with one attached hydrogen (secondary N) is 1. The largest absolute Gasteiger partial charge is 0.361 e. The van der Waals surface area contributed by atoms with Crippen molar-refractivity contribution in [3.63, 3.8) is 0 Å². The summed E-state index contributed by atoms with van der Waals surface area (Å²) in [6.07, 6.45) is -6.44. The number of para-hydroxylation sites is 1. The Morgan fingerprint density at radius 3 is 2.50 bits per heavy atom. The highest BCUT2D eigenvalue weighted by molar-refractivity contribution is 6.07. The average molecular weight is 445 g/mol. The molecular weight excluding hydrogens is 426 g/mol. The van der Waals surface area contributed by atoms with Gasteiger partial charge in [0.15, 0.2) is 0 Å². The fraction of sp³-hybridized carbons (Fsp3) is 0.217. The predicted molar refractivity (Wildman–Crippen MR) is 111 cm³/mol. The summed E-state index contributed by atoms with van der Waals surface area (Å²) < 4.78 is 53.7. The van der Waals surface area contributed by atoms with Gasteiger partial charge in [0.1, 0.15) is 0 Å². The molecule has 0 fully saturated rings. The van der Waals surface area contributed by atoms with E-state index in [0.717, 1.165) is 16.7 Å². The van der Waals surface area contributed by atoms with Crippen LogP contribution in [0.15, 0.2) is 60.3 Å². The predicted octanol–water partition coefficient (Wildman–Crippen LogP) is 4.58. The van der Waals surface area contributed by atoms with E-state index in [1.54, 1.807) is 24.3 Å². The standard InChI is InChI=1S/C23H19F4N3O2/c1-12-7-8-13(2)15(9-12)18-10-16(14-5-3-4-6-17(14)28-18)21(31)30-23(32,22(26)27)11-19(29-30)20(24)25/h3-11,20,22,29,32H,1-2H3. The zero-order valence-electron chi connectivity index (χ0n) is 17.1. The molecule has 0 saturated carbocycles. The molecule has 0 radical (unpaired) electrons. The third kappa shape index (κ3) is 3.58. The van der Waals surface area contributed by atoms with E-state index >= 15 is 0 Å². The summed E-state index contributed by atoms with van der Waals surface area (Å²) in [4.78, 5) is 17.9. The van der Waals surface area contributed by atoms with Crippen LogP contribution >= 0.6 is 0 Å². The number of hydrogen-bond acceptors (Lipinski definition) is 4. The average Bonchev–Trinajstić information content (AvgIpc) is 3.13. The fourth-order valence-electron chi connectivity index (χ4n) is 3.65. The lowest BCUT2D eigenvalue weighted by Crippen LogP contribution is -2.56. The Kier molecular flexibility index (Phi) is 5.37. The van der Waals surface area contributed by atoms with Crippen LogP contribution in [0, 0.1) is 13.8 Å². The normalized spacial score (nSPS) is 18.4. The van der Waals surface area contributed by atoms with Crippen LogP contribution in [0.4, 0.5) is 17.6 Å². The Labute approximate surface area is 181 Å². The van der Waals surface area contributed by atoms with Crippen molar-refractivity contribution in [3.05, 3.63) is 77.0 Å². The molecule has 2 heterocycles. The van der Waals surface area contributed by atoms with Crippen molar-refractivity contribution in [1.82, 2.24) is 15.4 Å². The highest BCUT2D eigenvalue weighted by atomic mass is 19.3. The molecule has 32 heavy (non-hydrogen) atoms. The van der Waals surface area contributed by atoms with Gasteiger partial charge in [0.05, 0.1) is 22.5 Å². The molecule has 0 aliphatic carbocycles. The molecule has 0 bridgehead atoms. The fourth-order valence-corrected chi connectivity index (χ4v) is 3.65. The molecule has 3 aromatic rings. The monoisotopic (exact) mass is 445 g/mol. The van der Waals surface area contributed by atoms with Gasteiger partial charge >= 0.3 is 0 Å². The van der Waals surface area contributed by atoms with Crippen molar-refractivity contribution in [3.8, 4) is 11.3 Å². The van der Waals surface area contributed by atoms with Crippen LogP contribution in [0.5, 0.6) is 0 Å². The van der Waals surface area contributed by atoms with Gasteiger partial charge in [-0.05, 0) is 37.6 Å². The van der Waals surface area contributed by atoms with Gasteiger partial charge in [0.25, 0.3) is 18.8 Å². The van der Waals surface area contributed by atoms with Crippen LogP contribution in [-0.2, 0) is 0 Å². The number of nitrogens with zero attached hydrogens (tertiary/aromatic N) is 2. The molecule has 1 aliphatic rings. The van der Waals surface area contributed by atoms with Crippen LogP contribution < -0.4 is 5.43 Å². The summed E-state index contributed by atoms with van der Waals surface area (Å²) in [7, 11) is 0. The Morgan fingerprint density at radius 1 is 1.09 bits per heavy atom. The topological polar surface area (TPSA) is 65.5 Å². The number of alkyl halides is 4. The number of hydrazine groups is 1. The van der Waals surface area contributed by atoms with Crippen LogP contribution in [-0.4, -0.2) is 39.6 Å². The zero-order chi connectivity index (χ0) is 23.2. The molecule has 1 amide bonds. The zero-order valence-corrected chi connectivity index (χ0v) is 17.1. The lowest BCUT2D eigenvalue weighted by Gasteiger charge is -2.32. The second kappa shape index (κ2) is 7.90. The number of amides is 1. The number of benzene rings is 2. The summed E-state index contributed by atoms with van der Waals surface area (Å²) in [5, 5.41) is 10.9. The van der Waals surface area contributed by atoms with E-state index in [-0.39, 0.29) is 16.6 Å². The van der Waals surface area contributed by atoms with Crippen LogP contribution in [0.2, 0.25) is 0 Å². The van der Waals surface area contributed by atoms with E-state index in [9.17, 15) is 27.5 Å². The summed E-state index contributed by atoms with van der Waals surface area (Å²) in [6, 6.07) is 13.7. The smallest absolute Gasteiger partial charge is 0.291 e. The number of pyridine rings is 1. The third-order valence-corrected chi connectivity index (χ3v) is 5.34. The Morgan fingerprint density at radius 2 is 1.81 bits per heavy atom. The van der Waals surface area contributed by atoms with Crippen molar-refractivity contribution < 1.29 is 27.5 Å². The summed E-state index contributed by atoms with van der Waals surface area (Å²) in [5.41, 5.74) is 1.06. The van der Waals surface area contributed by atoms with Gasteiger partial charge in [-0.1, -0.05) is 35.9 Å². The Balaban J connectivity index is 1.89. The first-order chi connectivity index (χ1) is 15.1. The number of allylic oxidation sites excluding steroid dienone is 1. The van der Waals surface area contributed by atoms with Crippen LogP contribution in [0.1, 0.15) is 21.5 Å². The van der Waals surface area contributed by atoms with Crippen molar-refractivity contribution in [2.75, 3.05) is 0 Å². The molecule has 0 saturated heterocycles. The number of rotatable bonds is 4. The maximum absolute atomic E-state index is 13.7. The minimum atomic E-state index is -3.53. The number of carbonyl (C=O) groups is 1. The van der Waals surface area contributed by atoms with E-state index in [2.05, 4.69) is 4.98 Å². The van der Waals surface area contributed by atoms with Gasteiger partial charge < -0.3 is 5.11 Å². The first kappa shape index (κ1) is 21.8. The molecule has 1 unspecified atom stereocenters. The molecule has 1 aromatic heterocycles. The van der Waals surface area contributed by atoms with E-state index in [0.29, 0.717) is 16.6 Å². The van der Waals surface area contributed by atoms with Crippen LogP contribution in [0.25, 0.3) is 22.2 Å². The molecule has 166 valence electrons. The molecule has 0 spiro atoms. The SMILES string of the molecule is Cc1ccc(C)c(-c2cc(C(=O)N3NC(C(F)F)=CC3(O)C(F)F)c3ccccc3n2)c1. The first-order valence-corrected chi connectivity index (χ1v) is 9.72. The summed E-state index contributed by atoms with van der Waals surface area (Å²) in [6.45, 7) is 3.76. The molecule has 2 aromatic carbocycles. The van der Waals surface area contributed by atoms with Crippen molar-refractivity contribution >= 4 is 16.8 Å². The minimum Gasteiger partial charge on any atom is -0.361 e. The highest BCUT2D eigenvalue weighted by Gasteiger charge is 2.51. The van der Waals surface area contributed by atoms with E-state index in [4.69, 9.17) is 0 Å². The lowest BCUT2D eigenvalue weighted by molar-refractivity contribution is -0.146. The van der Waals surface area contributed by atoms with Crippen molar-refractivity contribution in [1.29, 1.82) is 0 Å². The number of carbonyl (C=O) groups excluding carboxylic acids is 1. The van der Waals surface area contributed by atoms with E-state index in [1.807, 2.05) is 37.5 Å². The van der Waals surface area contributed by atoms with Crippen molar-refractivity contribution in [2.24, 2.45) is 0 Å². The van der Waals surface area contributed by atoms with Crippen LogP contribution in [0.3, 0.4) is 0 Å². The number of fused-ring (bicyclic) bond motifs is 1. The first-order valence-electron chi connectivity index (χ1n) is 9.72. The molecule has 4 rings (SSSR count). The second-order valence-electron chi connectivity index (χ2n) is 7.63. The second-order valence-corrected chi connectivity index (χ2v) is 7.63. The maximum atomic E-state index is 13.7. The number of hydrogen-bond donors (Lipinski definition) is 2. The summed E-state index contributed by atoms with van der Waals surface area (Å²) in [5.74, 6) is -1.09. The maximum Gasteiger partial charge on any atom is 0.291 e. The molecule has 1 aliphatic heterocycles. The van der Waals surface area contributed by atoms with Gasteiger partial charge in [-0.15, -0.1) is 0 Å². The summed E-state index contributed by atoms with van der Waals surface area (Å²) >= 11 is 0. The van der Waals surface area contributed by atoms with Gasteiger partial charge in [0, 0.05) is 17.0 Å². The number of aliphatic hydroxyl groups is 1. The molecular formula is C23H19F4N3O2. The molecule has 1 atom stereocenters. The van der Waals surface area contributed by atoms with E-state index in [1.165, 1.54) is 6.07 Å². The minimum absolute atomic E-state index is 0.0676. The van der Waals surface area contributed by atoms with Crippen molar-refractivity contribution in [2.45, 2.75) is 32.4 Å².